The van der Waals surface area contributed by atoms with E-state index in [1.807, 2.05) is 0 Å². The average molecular weight is 540 g/mol. The molecule has 2 saturated carbocycles. The molecule has 1 saturated heterocycles. The minimum Gasteiger partial charge on any atom is -0.292 e. The molecule has 6 atom stereocenters. The maximum Gasteiger partial charge on any atom is 0.273 e. The zero-order valence-electron chi connectivity index (χ0n) is 17.9. The van der Waals surface area contributed by atoms with Crippen molar-refractivity contribution >= 4 is 51.0 Å². The summed E-state index contributed by atoms with van der Waals surface area (Å²) >= 11 is 9.32. The maximum absolute atomic E-state index is 13.6. The third-order valence-electron chi connectivity index (χ3n) is 7.67. The van der Waals surface area contributed by atoms with Gasteiger partial charge in [-0.1, -0.05) is 51.8 Å². The van der Waals surface area contributed by atoms with Gasteiger partial charge in [-0.15, -0.1) is 0 Å². The predicted molar refractivity (Wildman–Crippen MR) is 128 cm³/mol. The number of allylic oxidation sites excluding steroid dienone is 2. The van der Waals surface area contributed by atoms with Gasteiger partial charge in [-0.05, 0) is 66.5 Å². The van der Waals surface area contributed by atoms with Gasteiger partial charge in [-0.2, -0.15) is 5.01 Å². The Kier molecular flexibility index (Phi) is 5.04. The molecule has 3 amide bonds. The molecule has 0 unspecified atom stereocenters. The van der Waals surface area contributed by atoms with Gasteiger partial charge in [0.05, 0.1) is 11.8 Å². The van der Waals surface area contributed by atoms with Crippen LogP contribution in [0.4, 0.5) is 0 Å². The molecule has 2 bridgehead atoms. The molecule has 8 heteroatoms. The highest BCUT2D eigenvalue weighted by atomic mass is 79.9. The highest BCUT2D eigenvalue weighted by molar-refractivity contribution is 9.10. The van der Waals surface area contributed by atoms with E-state index in [1.54, 1.807) is 36.4 Å². The Hall–Kier alpha value is -2.77. The smallest absolute Gasteiger partial charge is 0.273 e. The van der Waals surface area contributed by atoms with E-state index < -0.39 is 24.3 Å². The lowest BCUT2D eigenvalue weighted by molar-refractivity contribution is -0.154. The lowest BCUT2D eigenvalue weighted by Gasteiger charge is -2.37. The highest BCUT2D eigenvalue weighted by Crippen LogP contribution is 2.65. The van der Waals surface area contributed by atoms with Crippen molar-refractivity contribution in [1.29, 1.82) is 0 Å². The van der Waals surface area contributed by atoms with Crippen LogP contribution in [0.1, 0.15) is 27.1 Å². The Labute approximate surface area is 209 Å². The molecular formula is C26H20BrClN2O4. The fraction of sp³-hybridized carbons (Fsp3) is 0.308. The van der Waals surface area contributed by atoms with Gasteiger partial charge in [0.2, 0.25) is 0 Å². The number of nitrogens with zero attached hydrogens (tertiary/aromatic N) is 2. The van der Waals surface area contributed by atoms with Crippen molar-refractivity contribution in [3.63, 3.8) is 0 Å². The second-order valence-electron chi connectivity index (χ2n) is 9.44. The van der Waals surface area contributed by atoms with E-state index in [-0.39, 0.29) is 35.0 Å². The molecule has 3 fully saturated rings. The zero-order valence-corrected chi connectivity index (χ0v) is 20.3. The first-order valence-electron chi connectivity index (χ1n) is 11.3. The van der Waals surface area contributed by atoms with Gasteiger partial charge >= 0.3 is 0 Å². The number of Topliss-reactive ketones (excluding diaryl/α,β-unsaturated/α-hetero) is 1. The van der Waals surface area contributed by atoms with Gasteiger partial charge in [0.15, 0.2) is 5.78 Å². The summed E-state index contributed by atoms with van der Waals surface area (Å²) < 4.78 is 0.814. The van der Waals surface area contributed by atoms with Crippen LogP contribution < -0.4 is 0 Å². The first-order valence-corrected chi connectivity index (χ1v) is 12.4. The van der Waals surface area contributed by atoms with Crippen LogP contribution in [0, 0.1) is 35.5 Å². The zero-order chi connectivity index (χ0) is 23.7. The number of amides is 3. The molecule has 1 heterocycles. The predicted octanol–water partition coefficient (Wildman–Crippen LogP) is 4.40. The van der Waals surface area contributed by atoms with Crippen molar-refractivity contribution in [3.8, 4) is 0 Å². The fourth-order valence-corrected chi connectivity index (χ4v) is 6.41. The summed E-state index contributed by atoms with van der Waals surface area (Å²) in [5, 5.41) is 2.44. The van der Waals surface area contributed by atoms with Crippen LogP contribution in [0.15, 0.2) is 65.2 Å². The van der Waals surface area contributed by atoms with E-state index in [2.05, 4.69) is 28.1 Å². The molecule has 4 aliphatic carbocycles. The van der Waals surface area contributed by atoms with Crippen molar-refractivity contribution in [2.75, 3.05) is 6.54 Å². The van der Waals surface area contributed by atoms with E-state index in [0.29, 0.717) is 22.4 Å². The fourth-order valence-electron chi connectivity index (χ4n) is 6.02. The Morgan fingerprint density at radius 2 is 1.41 bits per heavy atom. The van der Waals surface area contributed by atoms with Gasteiger partial charge in [0, 0.05) is 20.6 Å². The summed E-state index contributed by atoms with van der Waals surface area (Å²) in [5.41, 5.74) is 0.629. The SMILES string of the molecule is O=C(CN(C(=O)c1ccc(Cl)cc1)N1C(=O)[C@@H]2[C@H]3C=C[C@@H]([C@@H]4C[C@@H]34)[C@H]2C1=O)c1ccc(Br)cc1. The van der Waals surface area contributed by atoms with Crippen LogP contribution in [0.2, 0.25) is 5.02 Å². The standard InChI is InChI=1S/C26H20BrClN2O4/c27-15-5-1-13(2-6-15)21(31)12-29(24(32)14-3-7-16(28)8-4-14)30-25(33)22-17-9-10-18(20-11-19(17)20)23(22)26(30)34/h1-10,17-20,22-23H,11-12H2/t17-,18-,19-,20-,22+,23+/m0/s1. The Morgan fingerprint density at radius 1 is 0.882 bits per heavy atom. The Balaban J connectivity index is 1.36. The lowest BCUT2D eigenvalue weighted by atomic mass is 9.63. The number of halogens is 2. The summed E-state index contributed by atoms with van der Waals surface area (Å²) in [6.07, 6.45) is 5.20. The van der Waals surface area contributed by atoms with E-state index in [0.717, 1.165) is 20.9 Å². The van der Waals surface area contributed by atoms with E-state index >= 15 is 0 Å². The molecule has 5 aliphatic rings. The number of rotatable bonds is 5. The van der Waals surface area contributed by atoms with Gasteiger partial charge in [-0.25, -0.2) is 5.01 Å². The normalized spacial score (nSPS) is 30.2. The van der Waals surface area contributed by atoms with Gasteiger partial charge in [0.25, 0.3) is 17.7 Å². The molecule has 2 aromatic rings. The summed E-state index contributed by atoms with van der Waals surface area (Å²) in [6, 6.07) is 12.9. The quantitative estimate of drug-likeness (QED) is 0.321. The van der Waals surface area contributed by atoms with Crippen molar-refractivity contribution in [1.82, 2.24) is 10.0 Å². The van der Waals surface area contributed by atoms with Gasteiger partial charge in [0.1, 0.15) is 6.54 Å². The van der Waals surface area contributed by atoms with Crippen molar-refractivity contribution in [3.05, 3.63) is 81.3 Å². The summed E-state index contributed by atoms with van der Waals surface area (Å²) in [5.74, 6) is -1.72. The van der Waals surface area contributed by atoms with Crippen molar-refractivity contribution in [2.24, 2.45) is 35.5 Å². The van der Waals surface area contributed by atoms with E-state index in [9.17, 15) is 19.2 Å². The van der Waals surface area contributed by atoms with Crippen LogP contribution in [0.25, 0.3) is 0 Å². The Morgan fingerprint density at radius 3 is 1.97 bits per heavy atom. The number of benzene rings is 2. The van der Waals surface area contributed by atoms with Crippen LogP contribution in [0.3, 0.4) is 0 Å². The molecule has 0 spiro atoms. The molecule has 34 heavy (non-hydrogen) atoms. The molecule has 0 radical (unpaired) electrons. The molecule has 0 aromatic heterocycles. The molecule has 6 nitrogen and oxygen atoms in total. The topological polar surface area (TPSA) is 74.8 Å². The van der Waals surface area contributed by atoms with E-state index in [4.69, 9.17) is 11.6 Å². The third kappa shape index (κ3) is 3.28. The number of carbonyl (C=O) groups is 4. The number of hydrogen-bond donors (Lipinski definition) is 0. The average Bonchev–Trinajstić information content (AvgIpc) is 3.62. The molecule has 7 rings (SSSR count). The van der Waals surface area contributed by atoms with Gasteiger partial charge in [-0.3, -0.25) is 19.2 Å². The number of ketones is 1. The van der Waals surface area contributed by atoms with Crippen LogP contribution >= 0.6 is 27.5 Å². The van der Waals surface area contributed by atoms with Crippen LogP contribution in [0.5, 0.6) is 0 Å². The number of hydrazine groups is 1. The molecule has 2 aromatic carbocycles. The Bertz CT molecular complexity index is 1220. The maximum atomic E-state index is 13.6. The second kappa shape index (κ2) is 7.89. The number of hydrogen-bond acceptors (Lipinski definition) is 4. The lowest BCUT2D eigenvalue weighted by Crippen LogP contribution is -2.52. The summed E-state index contributed by atoms with van der Waals surface area (Å²) in [4.78, 5) is 54.0. The number of imide groups is 1. The molecule has 1 aliphatic heterocycles. The molecular weight excluding hydrogens is 520 g/mol. The monoisotopic (exact) mass is 538 g/mol. The number of carbonyl (C=O) groups excluding carboxylic acids is 4. The van der Waals surface area contributed by atoms with Crippen LogP contribution in [-0.2, 0) is 9.59 Å². The molecule has 172 valence electrons. The first-order chi connectivity index (χ1) is 16.3. The van der Waals surface area contributed by atoms with E-state index in [1.165, 1.54) is 12.1 Å². The largest absolute Gasteiger partial charge is 0.292 e. The second-order valence-corrected chi connectivity index (χ2v) is 10.8. The van der Waals surface area contributed by atoms with Gasteiger partial charge < -0.3 is 0 Å². The summed E-state index contributed by atoms with van der Waals surface area (Å²) in [7, 11) is 0. The van der Waals surface area contributed by atoms with Crippen molar-refractivity contribution < 1.29 is 19.2 Å². The minimum atomic E-state index is -0.590. The minimum absolute atomic E-state index is 0.0242. The first kappa shape index (κ1) is 21.7. The van der Waals surface area contributed by atoms with Crippen LogP contribution in [-0.4, -0.2) is 40.1 Å². The van der Waals surface area contributed by atoms with Crippen molar-refractivity contribution in [2.45, 2.75) is 6.42 Å². The third-order valence-corrected chi connectivity index (χ3v) is 8.45. The molecule has 0 N–H and O–H groups in total. The summed E-state index contributed by atoms with van der Waals surface area (Å²) in [6.45, 7) is -0.421. The highest BCUT2D eigenvalue weighted by Gasteiger charge is 2.68.